The van der Waals surface area contributed by atoms with Gasteiger partial charge in [0.1, 0.15) is 29.0 Å². The average molecular weight is 530 g/mol. The molecule has 2 saturated carbocycles. The van der Waals surface area contributed by atoms with E-state index in [0.717, 1.165) is 27.8 Å². The SMILES string of the molecule is C=C1CC12C[C@]2(NC(=O)[C@@H]1C[C@@H](ON=C2c3ccccc3-c3ccccc32)CN1C(=O)OC(C)(C)C)C(=O)O. The number of aliphatic carboxylic acids is 1. The molecule has 3 aliphatic carbocycles. The molecule has 9 heteroatoms. The van der Waals surface area contributed by atoms with Crippen molar-refractivity contribution >= 4 is 23.7 Å². The van der Waals surface area contributed by atoms with Gasteiger partial charge in [-0.1, -0.05) is 65.8 Å². The zero-order chi connectivity index (χ0) is 27.7. The van der Waals surface area contributed by atoms with Gasteiger partial charge < -0.3 is 20.0 Å². The third-order valence-electron chi connectivity index (χ3n) is 8.17. The molecule has 0 aromatic heterocycles. The van der Waals surface area contributed by atoms with Crippen LogP contribution in [0.3, 0.4) is 0 Å². The van der Waals surface area contributed by atoms with E-state index >= 15 is 0 Å². The van der Waals surface area contributed by atoms with E-state index in [1.54, 1.807) is 20.8 Å². The topological polar surface area (TPSA) is 118 Å². The number of rotatable bonds is 5. The lowest BCUT2D eigenvalue weighted by Gasteiger charge is -2.28. The number of carbonyl (C=O) groups is 3. The molecular weight excluding hydrogens is 498 g/mol. The second-order valence-electron chi connectivity index (χ2n) is 11.9. The summed E-state index contributed by atoms with van der Waals surface area (Å²) in [5.74, 6) is -1.63. The van der Waals surface area contributed by atoms with Crippen molar-refractivity contribution in [3.63, 3.8) is 0 Å². The number of carboxylic acid groups (broad SMARTS) is 1. The number of hydrogen-bond acceptors (Lipinski definition) is 6. The highest BCUT2D eigenvalue weighted by atomic mass is 16.6. The fourth-order valence-electron chi connectivity index (χ4n) is 6.02. The Morgan fingerprint density at radius 1 is 1.05 bits per heavy atom. The van der Waals surface area contributed by atoms with Crippen molar-refractivity contribution in [2.75, 3.05) is 6.54 Å². The number of carboxylic acids is 1. The van der Waals surface area contributed by atoms with Crippen molar-refractivity contribution in [2.24, 2.45) is 10.6 Å². The Morgan fingerprint density at radius 3 is 2.10 bits per heavy atom. The quantitative estimate of drug-likeness (QED) is 0.380. The van der Waals surface area contributed by atoms with E-state index in [1.165, 1.54) is 4.90 Å². The molecule has 2 aromatic carbocycles. The molecule has 4 atom stereocenters. The lowest BCUT2D eigenvalue weighted by Crippen LogP contribution is -2.53. The van der Waals surface area contributed by atoms with Crippen LogP contribution in [0.4, 0.5) is 4.79 Å². The monoisotopic (exact) mass is 529 g/mol. The summed E-state index contributed by atoms with van der Waals surface area (Å²) in [6.45, 7) is 9.24. The molecule has 3 fully saturated rings. The highest BCUT2D eigenvalue weighted by molar-refractivity contribution is 6.24. The van der Waals surface area contributed by atoms with Crippen molar-refractivity contribution in [2.45, 2.75) is 63.3 Å². The Labute approximate surface area is 226 Å². The molecule has 0 radical (unpaired) electrons. The number of carbonyl (C=O) groups excluding carboxylic acids is 2. The number of likely N-dealkylation sites (tertiary alicyclic amines) is 1. The lowest BCUT2D eigenvalue weighted by atomic mass is 10.1. The molecular formula is C30H31N3O6. The van der Waals surface area contributed by atoms with Crippen LogP contribution in [0.2, 0.25) is 0 Å². The average Bonchev–Trinajstić information content (AvgIpc) is 3.57. The molecule has 4 aliphatic rings. The highest BCUT2D eigenvalue weighted by Crippen LogP contribution is 2.76. The Balaban J connectivity index is 1.25. The maximum absolute atomic E-state index is 13.5. The fourth-order valence-corrected chi connectivity index (χ4v) is 6.02. The predicted molar refractivity (Wildman–Crippen MR) is 143 cm³/mol. The van der Waals surface area contributed by atoms with E-state index in [0.29, 0.717) is 18.6 Å². The molecule has 202 valence electrons. The van der Waals surface area contributed by atoms with Crippen LogP contribution in [0.15, 0.2) is 65.8 Å². The minimum Gasteiger partial charge on any atom is -0.479 e. The number of amides is 2. The number of ether oxygens (including phenoxy) is 1. The second-order valence-corrected chi connectivity index (χ2v) is 11.9. The molecule has 2 N–H and O–H groups in total. The minimum absolute atomic E-state index is 0.0744. The Hall–Kier alpha value is -4.14. The summed E-state index contributed by atoms with van der Waals surface area (Å²) in [5.41, 5.74) is 2.81. The molecule has 39 heavy (non-hydrogen) atoms. The summed E-state index contributed by atoms with van der Waals surface area (Å²) >= 11 is 0. The van der Waals surface area contributed by atoms with Gasteiger partial charge in [-0.3, -0.25) is 9.69 Å². The first-order chi connectivity index (χ1) is 18.5. The van der Waals surface area contributed by atoms with E-state index in [4.69, 9.17) is 9.57 Å². The molecule has 1 spiro atoms. The van der Waals surface area contributed by atoms with E-state index < -0.39 is 46.7 Å². The molecule has 0 bridgehead atoms. The number of benzene rings is 2. The van der Waals surface area contributed by atoms with Gasteiger partial charge in [0.15, 0.2) is 0 Å². The predicted octanol–water partition coefficient (Wildman–Crippen LogP) is 4.10. The van der Waals surface area contributed by atoms with Crippen molar-refractivity contribution in [3.05, 3.63) is 71.8 Å². The maximum atomic E-state index is 13.5. The number of hydrogen-bond donors (Lipinski definition) is 2. The number of nitrogens with zero attached hydrogens (tertiary/aromatic N) is 2. The number of oxime groups is 1. The van der Waals surface area contributed by atoms with Gasteiger partial charge in [-0.2, -0.15) is 0 Å². The fraction of sp³-hybridized carbons (Fsp3) is 0.400. The molecule has 9 nitrogen and oxygen atoms in total. The van der Waals surface area contributed by atoms with E-state index in [9.17, 15) is 19.5 Å². The van der Waals surface area contributed by atoms with Crippen molar-refractivity contribution in [1.29, 1.82) is 0 Å². The Bertz CT molecular complexity index is 1410. The summed E-state index contributed by atoms with van der Waals surface area (Å²) < 4.78 is 5.57. The van der Waals surface area contributed by atoms with Gasteiger partial charge in [-0.15, -0.1) is 0 Å². The third-order valence-corrected chi connectivity index (χ3v) is 8.17. The van der Waals surface area contributed by atoms with E-state index in [-0.39, 0.29) is 13.0 Å². The number of nitrogens with one attached hydrogen (secondary N) is 1. The summed E-state index contributed by atoms with van der Waals surface area (Å²) in [5, 5.41) is 17.2. The zero-order valence-corrected chi connectivity index (χ0v) is 22.2. The van der Waals surface area contributed by atoms with Gasteiger partial charge in [-0.25, -0.2) is 9.59 Å². The Morgan fingerprint density at radius 2 is 1.62 bits per heavy atom. The van der Waals surface area contributed by atoms with Gasteiger partial charge in [0.05, 0.1) is 6.54 Å². The van der Waals surface area contributed by atoms with Gasteiger partial charge >= 0.3 is 12.1 Å². The molecule has 1 unspecified atom stereocenters. The smallest absolute Gasteiger partial charge is 0.411 e. The highest BCUT2D eigenvalue weighted by Gasteiger charge is 2.82. The van der Waals surface area contributed by atoms with Crippen LogP contribution in [-0.2, 0) is 19.2 Å². The standard InChI is InChI=1S/C30H31N3O6/c1-17-14-29(17)16-30(29,26(35)36)31-25(34)23-13-18(15-33(23)27(37)38-28(2,3)4)39-32-24-21-11-7-5-9-19(21)20-10-6-8-12-22(20)24/h5-12,18,23H,1,13-16H2,2-4H3,(H,31,34)(H,35,36)/t18-,23+,29?,30+/m1/s1. The summed E-state index contributed by atoms with van der Waals surface area (Å²) in [6.07, 6.45) is -0.221. The van der Waals surface area contributed by atoms with Crippen LogP contribution in [0.25, 0.3) is 11.1 Å². The van der Waals surface area contributed by atoms with Crippen LogP contribution in [0.5, 0.6) is 0 Å². The first kappa shape index (κ1) is 25.2. The van der Waals surface area contributed by atoms with Crippen LogP contribution >= 0.6 is 0 Å². The molecule has 1 heterocycles. The third kappa shape index (κ3) is 3.99. The van der Waals surface area contributed by atoms with Gasteiger partial charge in [0.2, 0.25) is 5.91 Å². The molecule has 1 saturated heterocycles. The largest absolute Gasteiger partial charge is 0.479 e. The first-order valence-electron chi connectivity index (χ1n) is 13.1. The van der Waals surface area contributed by atoms with Gasteiger partial charge in [0, 0.05) is 23.0 Å². The van der Waals surface area contributed by atoms with Crippen LogP contribution in [0.1, 0.15) is 51.2 Å². The zero-order valence-electron chi connectivity index (χ0n) is 22.2. The first-order valence-corrected chi connectivity index (χ1v) is 13.1. The molecule has 2 amide bonds. The van der Waals surface area contributed by atoms with E-state index in [2.05, 4.69) is 17.1 Å². The molecule has 6 rings (SSSR count). The molecule has 1 aliphatic heterocycles. The normalized spacial score (nSPS) is 28.0. The maximum Gasteiger partial charge on any atom is 0.411 e. The van der Waals surface area contributed by atoms with Crippen molar-refractivity contribution in [3.8, 4) is 11.1 Å². The summed E-state index contributed by atoms with van der Waals surface area (Å²) in [6, 6.07) is 14.9. The molecule has 2 aromatic rings. The van der Waals surface area contributed by atoms with Crippen LogP contribution in [-0.4, -0.2) is 63.5 Å². The Kier molecular flexibility index (Phi) is 5.44. The summed E-state index contributed by atoms with van der Waals surface area (Å²) in [4.78, 5) is 46.1. The van der Waals surface area contributed by atoms with Crippen LogP contribution in [0, 0.1) is 5.41 Å². The van der Waals surface area contributed by atoms with Crippen molar-refractivity contribution in [1.82, 2.24) is 10.2 Å². The van der Waals surface area contributed by atoms with Crippen LogP contribution < -0.4 is 5.32 Å². The second kappa shape index (κ2) is 8.43. The summed E-state index contributed by atoms with van der Waals surface area (Å²) in [7, 11) is 0. The van der Waals surface area contributed by atoms with Gasteiger partial charge in [-0.05, 0) is 44.7 Å². The minimum atomic E-state index is -1.38. The van der Waals surface area contributed by atoms with Gasteiger partial charge in [0.25, 0.3) is 0 Å². The van der Waals surface area contributed by atoms with E-state index in [1.807, 2.05) is 48.5 Å². The van der Waals surface area contributed by atoms with Crippen molar-refractivity contribution < 1.29 is 29.1 Å². The number of fused-ring (bicyclic) bond motifs is 3. The lowest BCUT2D eigenvalue weighted by molar-refractivity contribution is -0.144.